The molecule has 0 aliphatic heterocycles. The van der Waals surface area contributed by atoms with Crippen molar-refractivity contribution in [3.63, 3.8) is 0 Å². The highest BCUT2D eigenvalue weighted by molar-refractivity contribution is 7.14. The predicted molar refractivity (Wildman–Crippen MR) is 120 cm³/mol. The number of urea groups is 1. The lowest BCUT2D eigenvalue weighted by atomic mass is 10.2. The molecule has 3 amide bonds. The first kappa shape index (κ1) is 22.5. The van der Waals surface area contributed by atoms with Crippen molar-refractivity contribution in [1.29, 1.82) is 0 Å². The smallest absolute Gasteiger partial charge is 0.357 e. The molecule has 0 atom stereocenters. The molecule has 2 aromatic carbocycles. The largest absolute Gasteiger partial charge is 0.461 e. The third-order valence-electron chi connectivity index (χ3n) is 3.79. The summed E-state index contributed by atoms with van der Waals surface area (Å²) in [5.41, 5.74) is 3.23. The Morgan fingerprint density at radius 1 is 1.03 bits per heavy atom. The minimum absolute atomic E-state index is 0.0203. The quantitative estimate of drug-likeness (QED) is 0.396. The first-order chi connectivity index (χ1) is 14.9. The molecule has 3 aromatic rings. The van der Waals surface area contributed by atoms with Crippen molar-refractivity contribution in [2.45, 2.75) is 6.92 Å². The second-order valence-corrected chi connectivity index (χ2v) is 7.67. The van der Waals surface area contributed by atoms with Crippen LogP contribution in [0.4, 0.5) is 15.6 Å². The highest BCUT2D eigenvalue weighted by Crippen LogP contribution is 2.22. The van der Waals surface area contributed by atoms with E-state index in [1.807, 2.05) is 0 Å². The lowest BCUT2D eigenvalue weighted by Crippen LogP contribution is -2.48. The zero-order valence-corrected chi connectivity index (χ0v) is 18.4. The van der Waals surface area contributed by atoms with Crippen molar-refractivity contribution in [3.05, 3.63) is 75.2 Å². The second kappa shape index (κ2) is 10.3. The Bertz CT molecular complexity index is 1090. The van der Waals surface area contributed by atoms with E-state index in [-0.39, 0.29) is 23.0 Å². The molecule has 0 unspecified atom stereocenters. The summed E-state index contributed by atoms with van der Waals surface area (Å²) in [6, 6.07) is 11.9. The van der Waals surface area contributed by atoms with Gasteiger partial charge >= 0.3 is 12.0 Å². The molecule has 0 saturated carbocycles. The van der Waals surface area contributed by atoms with Gasteiger partial charge in [0, 0.05) is 26.7 Å². The van der Waals surface area contributed by atoms with E-state index in [1.165, 1.54) is 17.5 Å². The van der Waals surface area contributed by atoms with E-state index >= 15 is 0 Å². The highest BCUT2D eigenvalue weighted by Gasteiger charge is 2.24. The van der Waals surface area contributed by atoms with Crippen LogP contribution in [0.1, 0.15) is 27.8 Å². The lowest BCUT2D eigenvalue weighted by Gasteiger charge is -2.21. The van der Waals surface area contributed by atoms with E-state index in [1.54, 1.807) is 43.3 Å². The van der Waals surface area contributed by atoms with Crippen molar-refractivity contribution < 1.29 is 19.1 Å². The standard InChI is InChI=1S/C20H16Cl2N4O4S/c1-2-30-18(28)16-11-31-20(24-16)26(19(29)23-15-9-7-14(22)8-10-15)25-17(27)12-3-5-13(21)6-4-12/h3-11H,2H2,1H3,(H,23,29)(H,25,27). The molecule has 31 heavy (non-hydrogen) atoms. The molecular formula is C20H16Cl2N4O4S. The minimum Gasteiger partial charge on any atom is -0.461 e. The van der Waals surface area contributed by atoms with Gasteiger partial charge in [-0.1, -0.05) is 23.2 Å². The highest BCUT2D eigenvalue weighted by atomic mass is 35.5. The van der Waals surface area contributed by atoms with E-state index < -0.39 is 17.9 Å². The van der Waals surface area contributed by atoms with Crippen LogP contribution in [-0.4, -0.2) is 29.5 Å². The van der Waals surface area contributed by atoms with Crippen molar-refractivity contribution in [1.82, 2.24) is 10.4 Å². The Kier molecular flexibility index (Phi) is 7.45. The number of benzene rings is 2. The first-order valence-corrected chi connectivity index (χ1v) is 10.6. The van der Waals surface area contributed by atoms with Crippen LogP contribution in [0.15, 0.2) is 53.9 Å². The Labute approximate surface area is 191 Å². The normalized spacial score (nSPS) is 10.3. The van der Waals surface area contributed by atoms with Gasteiger partial charge in [0.05, 0.1) is 6.61 Å². The van der Waals surface area contributed by atoms with E-state index in [4.69, 9.17) is 27.9 Å². The van der Waals surface area contributed by atoms with Crippen LogP contribution in [0.5, 0.6) is 0 Å². The number of carbonyl (C=O) groups is 3. The summed E-state index contributed by atoms with van der Waals surface area (Å²) in [5.74, 6) is -1.21. The summed E-state index contributed by atoms with van der Waals surface area (Å²) in [6.07, 6.45) is 0. The monoisotopic (exact) mass is 478 g/mol. The van der Waals surface area contributed by atoms with E-state index in [9.17, 15) is 14.4 Å². The number of ether oxygens (including phenoxy) is 1. The number of anilines is 2. The average Bonchev–Trinajstić information content (AvgIpc) is 3.24. The van der Waals surface area contributed by atoms with Gasteiger partial charge in [-0.2, -0.15) is 5.01 Å². The van der Waals surface area contributed by atoms with E-state index in [0.717, 1.165) is 16.3 Å². The molecule has 2 N–H and O–H groups in total. The molecule has 0 spiro atoms. The van der Waals surface area contributed by atoms with Gasteiger partial charge in [0.1, 0.15) is 0 Å². The molecule has 160 valence electrons. The van der Waals surface area contributed by atoms with Gasteiger partial charge in [-0.25, -0.2) is 14.6 Å². The molecule has 0 radical (unpaired) electrons. The number of hydrogen-bond acceptors (Lipinski definition) is 6. The number of thiazole rings is 1. The number of esters is 1. The fraction of sp³-hybridized carbons (Fsp3) is 0.100. The van der Waals surface area contributed by atoms with Crippen molar-refractivity contribution in [3.8, 4) is 0 Å². The van der Waals surface area contributed by atoms with Crippen molar-refractivity contribution >= 4 is 63.3 Å². The van der Waals surface area contributed by atoms with Gasteiger partial charge in [0.25, 0.3) is 5.91 Å². The summed E-state index contributed by atoms with van der Waals surface area (Å²) in [6.45, 7) is 1.85. The fourth-order valence-electron chi connectivity index (χ4n) is 2.33. The molecule has 3 rings (SSSR count). The fourth-order valence-corrected chi connectivity index (χ4v) is 3.33. The van der Waals surface area contributed by atoms with Crippen molar-refractivity contribution in [2.24, 2.45) is 0 Å². The van der Waals surface area contributed by atoms with Crippen molar-refractivity contribution in [2.75, 3.05) is 16.9 Å². The van der Waals surface area contributed by atoms with Crippen LogP contribution >= 0.6 is 34.5 Å². The van der Waals surface area contributed by atoms with Gasteiger partial charge in [-0.3, -0.25) is 10.2 Å². The minimum atomic E-state index is -0.700. The Morgan fingerprint density at radius 3 is 2.26 bits per heavy atom. The molecule has 0 aliphatic carbocycles. The molecule has 8 nitrogen and oxygen atoms in total. The average molecular weight is 479 g/mol. The van der Waals surface area contributed by atoms with Gasteiger partial charge in [0.2, 0.25) is 5.13 Å². The number of hydrazine groups is 1. The number of nitrogens with zero attached hydrogens (tertiary/aromatic N) is 2. The molecule has 0 aliphatic rings. The maximum Gasteiger partial charge on any atom is 0.357 e. The van der Waals surface area contributed by atoms with Gasteiger partial charge in [0.15, 0.2) is 5.69 Å². The molecule has 1 heterocycles. The number of halogens is 2. The summed E-state index contributed by atoms with van der Waals surface area (Å²) >= 11 is 12.7. The van der Waals surface area contributed by atoms with Crippen LogP contribution in [0.25, 0.3) is 0 Å². The van der Waals surface area contributed by atoms with Crippen LogP contribution in [0, 0.1) is 0 Å². The maximum atomic E-state index is 12.9. The zero-order chi connectivity index (χ0) is 22.4. The van der Waals surface area contributed by atoms with Crippen LogP contribution < -0.4 is 15.8 Å². The molecular weight excluding hydrogens is 463 g/mol. The lowest BCUT2D eigenvalue weighted by molar-refractivity contribution is 0.0520. The van der Waals surface area contributed by atoms with Crippen LogP contribution in [0.3, 0.4) is 0 Å². The second-order valence-electron chi connectivity index (χ2n) is 5.96. The molecule has 0 bridgehead atoms. The first-order valence-electron chi connectivity index (χ1n) is 8.93. The van der Waals surface area contributed by atoms with Gasteiger partial charge < -0.3 is 10.1 Å². The van der Waals surface area contributed by atoms with Gasteiger partial charge in [-0.15, -0.1) is 11.3 Å². The summed E-state index contributed by atoms with van der Waals surface area (Å²) in [4.78, 5) is 41.7. The maximum absolute atomic E-state index is 12.9. The topological polar surface area (TPSA) is 101 Å². The Morgan fingerprint density at radius 2 is 1.65 bits per heavy atom. The van der Waals surface area contributed by atoms with E-state index in [0.29, 0.717) is 15.7 Å². The molecule has 0 fully saturated rings. The number of aromatic nitrogens is 1. The zero-order valence-electron chi connectivity index (χ0n) is 16.1. The van der Waals surface area contributed by atoms with E-state index in [2.05, 4.69) is 15.7 Å². The number of nitrogens with one attached hydrogen (secondary N) is 2. The summed E-state index contributed by atoms with van der Waals surface area (Å²) < 4.78 is 4.92. The Hall–Kier alpha value is -3.14. The van der Waals surface area contributed by atoms with Crippen LogP contribution in [0.2, 0.25) is 10.0 Å². The third-order valence-corrected chi connectivity index (χ3v) is 5.12. The van der Waals surface area contributed by atoms with Crippen LogP contribution in [-0.2, 0) is 4.74 Å². The van der Waals surface area contributed by atoms with Gasteiger partial charge in [-0.05, 0) is 55.5 Å². The SMILES string of the molecule is CCOC(=O)c1csc(N(NC(=O)c2ccc(Cl)cc2)C(=O)Nc2ccc(Cl)cc2)n1. The number of carbonyl (C=O) groups excluding carboxylic acids is 3. The summed E-state index contributed by atoms with van der Waals surface area (Å²) in [5, 5.41) is 6.03. The number of amides is 3. The summed E-state index contributed by atoms with van der Waals surface area (Å²) in [7, 11) is 0. The molecule has 1 aromatic heterocycles. The third kappa shape index (κ3) is 5.94. The Balaban J connectivity index is 1.86. The predicted octanol–water partition coefficient (Wildman–Crippen LogP) is 5.01. The number of hydrogen-bond donors (Lipinski definition) is 2. The molecule has 0 saturated heterocycles. The molecule has 11 heteroatoms. The number of rotatable bonds is 5.